The van der Waals surface area contributed by atoms with Crippen LogP contribution in [0.25, 0.3) is 0 Å². The fourth-order valence-corrected chi connectivity index (χ4v) is 5.34. The van der Waals surface area contributed by atoms with E-state index in [-0.39, 0.29) is 32.2 Å². The number of hydrogen-bond donors (Lipinski definition) is 4. The Morgan fingerprint density at radius 3 is 2.20 bits per heavy atom. The normalized spacial score (nSPS) is 19.8. The van der Waals surface area contributed by atoms with Crippen molar-refractivity contribution < 1.29 is 29.2 Å². The molecule has 1 fully saturated rings. The molecule has 1 unspecified atom stereocenters. The summed E-state index contributed by atoms with van der Waals surface area (Å²) < 4.78 is 0. The molecule has 1 heterocycles. The summed E-state index contributed by atoms with van der Waals surface area (Å²) in [5, 5.41) is 12.6. The molecule has 0 aliphatic carbocycles. The first kappa shape index (κ1) is 31.8. The van der Waals surface area contributed by atoms with Crippen molar-refractivity contribution in [3.63, 3.8) is 0 Å². The third-order valence-corrected chi connectivity index (χ3v) is 7.58. The van der Waals surface area contributed by atoms with Gasteiger partial charge in [-0.2, -0.15) is 5.48 Å². The van der Waals surface area contributed by atoms with E-state index in [4.69, 9.17) is 5.73 Å². The third kappa shape index (κ3) is 8.16. The van der Waals surface area contributed by atoms with Crippen molar-refractivity contribution >= 4 is 30.2 Å². The van der Waals surface area contributed by atoms with Crippen LogP contribution in [0, 0.1) is 0 Å². The maximum absolute atomic E-state index is 14.1. The lowest BCUT2D eigenvalue weighted by molar-refractivity contribution is -0.144. The first-order chi connectivity index (χ1) is 19.9. The van der Waals surface area contributed by atoms with E-state index in [9.17, 15) is 29.2 Å². The standard InChI is InChI=1S/C31H39N4O6/c32-25(20-23-12-6-4-7-13-23)29(39)33-26(21-24-14-8-5-9-15-24)30(40)35-18-17-27(34-41)31(35,22-37)28(38)16-10-2-1-3-11-19-36/h4-9,12-15,19,25-27,34,41H,1-3,10-11,16-18,20-21,32H2,(H,33,39)/t25-,26-,27?,31+/m0/s1. The van der Waals surface area contributed by atoms with Gasteiger partial charge in [0.15, 0.2) is 11.3 Å². The second-order valence-corrected chi connectivity index (χ2v) is 10.4. The molecule has 2 aromatic rings. The van der Waals surface area contributed by atoms with Crippen LogP contribution in [0.15, 0.2) is 60.7 Å². The van der Waals surface area contributed by atoms with Gasteiger partial charge < -0.3 is 26.0 Å². The van der Waals surface area contributed by atoms with Crippen molar-refractivity contribution in [1.82, 2.24) is 15.7 Å². The molecule has 219 valence electrons. The highest BCUT2D eigenvalue weighted by molar-refractivity contribution is 6.08. The predicted octanol–water partition coefficient (Wildman–Crippen LogP) is 1.82. The molecule has 1 radical (unpaired) electrons. The van der Waals surface area contributed by atoms with Gasteiger partial charge in [0.05, 0.1) is 12.1 Å². The molecule has 3 rings (SSSR count). The summed E-state index contributed by atoms with van der Waals surface area (Å²) in [6, 6.07) is 15.2. The summed E-state index contributed by atoms with van der Waals surface area (Å²) in [4.78, 5) is 64.9. The van der Waals surface area contributed by atoms with E-state index in [2.05, 4.69) is 5.32 Å². The lowest BCUT2D eigenvalue weighted by Crippen LogP contribution is -2.66. The van der Waals surface area contributed by atoms with Crippen LogP contribution in [-0.4, -0.2) is 70.5 Å². The zero-order valence-corrected chi connectivity index (χ0v) is 23.2. The van der Waals surface area contributed by atoms with Gasteiger partial charge in [-0.1, -0.05) is 73.5 Å². The van der Waals surface area contributed by atoms with Crippen molar-refractivity contribution in [3.05, 3.63) is 71.8 Å². The zero-order valence-electron chi connectivity index (χ0n) is 23.2. The number of unbranched alkanes of at least 4 members (excludes halogenated alkanes) is 4. The molecule has 2 aromatic carbocycles. The Balaban J connectivity index is 1.82. The third-order valence-electron chi connectivity index (χ3n) is 7.58. The molecule has 0 spiro atoms. The zero-order chi connectivity index (χ0) is 29.7. The molecule has 2 amide bonds. The maximum atomic E-state index is 14.1. The number of carbonyl (C=O) groups excluding carboxylic acids is 5. The van der Waals surface area contributed by atoms with Crippen molar-refractivity contribution in [2.45, 2.75) is 81.5 Å². The van der Waals surface area contributed by atoms with Gasteiger partial charge in [0.1, 0.15) is 12.3 Å². The van der Waals surface area contributed by atoms with Gasteiger partial charge in [-0.05, 0) is 36.8 Å². The quantitative estimate of drug-likeness (QED) is 0.0982. The Labute approximate surface area is 240 Å². The smallest absolute Gasteiger partial charge is 0.246 e. The number of amides is 2. The van der Waals surface area contributed by atoms with Gasteiger partial charge >= 0.3 is 0 Å². The second-order valence-electron chi connectivity index (χ2n) is 10.4. The SMILES string of the molecule is N[C@@H](Cc1ccccc1)C(=O)N[C@@H](Cc1ccccc1)C(=O)N1CCC(NO)[C@]1([C]=O)C(=O)CCCCCCC=O. The topological polar surface area (TPSA) is 159 Å². The van der Waals surface area contributed by atoms with Crippen LogP contribution < -0.4 is 16.5 Å². The van der Waals surface area contributed by atoms with Crippen LogP contribution in [-0.2, 0) is 36.8 Å². The highest BCUT2D eigenvalue weighted by Crippen LogP contribution is 2.32. The van der Waals surface area contributed by atoms with Crippen LogP contribution in [0.1, 0.15) is 56.1 Å². The molecule has 41 heavy (non-hydrogen) atoms. The summed E-state index contributed by atoms with van der Waals surface area (Å²) in [5.74, 6) is -1.71. The molecule has 1 aliphatic rings. The van der Waals surface area contributed by atoms with E-state index in [0.29, 0.717) is 25.7 Å². The number of Topliss-reactive ketones (excluding diaryl/α,β-unsaturated/α-hetero) is 1. The number of hydroxylamine groups is 1. The molecule has 5 N–H and O–H groups in total. The maximum Gasteiger partial charge on any atom is 0.246 e. The van der Waals surface area contributed by atoms with E-state index in [0.717, 1.165) is 28.7 Å². The first-order valence-electron chi connectivity index (χ1n) is 14.1. The van der Waals surface area contributed by atoms with Gasteiger partial charge in [0.25, 0.3) is 0 Å². The number of hydrogen-bond acceptors (Lipinski definition) is 8. The van der Waals surface area contributed by atoms with Crippen LogP contribution in [0.4, 0.5) is 0 Å². The van der Waals surface area contributed by atoms with E-state index in [1.165, 1.54) is 0 Å². The average molecular weight is 564 g/mol. The Morgan fingerprint density at radius 1 is 1.00 bits per heavy atom. The number of rotatable bonds is 17. The van der Waals surface area contributed by atoms with Gasteiger partial charge in [0, 0.05) is 25.8 Å². The van der Waals surface area contributed by atoms with Crippen molar-refractivity contribution in [3.8, 4) is 0 Å². The van der Waals surface area contributed by atoms with Gasteiger partial charge in [-0.25, -0.2) is 0 Å². The minimum atomic E-state index is -2.04. The molecule has 1 aliphatic heterocycles. The number of nitrogens with one attached hydrogen (secondary N) is 2. The number of aldehydes is 1. The molecule has 0 saturated carbocycles. The van der Waals surface area contributed by atoms with Crippen molar-refractivity contribution in [2.24, 2.45) is 5.73 Å². The lowest BCUT2D eigenvalue weighted by atomic mass is 9.84. The summed E-state index contributed by atoms with van der Waals surface area (Å²) >= 11 is 0. The van der Waals surface area contributed by atoms with Gasteiger partial charge in [-0.15, -0.1) is 0 Å². The number of likely N-dealkylation sites (tertiary alicyclic amines) is 1. The minimum Gasteiger partial charge on any atom is -0.343 e. The Kier molecular flexibility index (Phi) is 12.3. The number of nitrogens with zero attached hydrogens (tertiary/aromatic N) is 1. The van der Waals surface area contributed by atoms with E-state index >= 15 is 0 Å². The first-order valence-corrected chi connectivity index (χ1v) is 14.1. The highest BCUT2D eigenvalue weighted by atomic mass is 16.5. The molecular formula is C31H39N4O6. The predicted molar refractivity (Wildman–Crippen MR) is 152 cm³/mol. The van der Waals surface area contributed by atoms with Crippen LogP contribution in [0.2, 0.25) is 0 Å². The second kappa shape index (κ2) is 15.9. The van der Waals surface area contributed by atoms with E-state index < -0.39 is 41.3 Å². The molecule has 10 nitrogen and oxygen atoms in total. The Bertz CT molecular complexity index is 1160. The van der Waals surface area contributed by atoms with Crippen molar-refractivity contribution in [2.75, 3.05) is 6.54 Å². The summed E-state index contributed by atoms with van der Waals surface area (Å²) in [6.45, 7) is 0.00854. The van der Waals surface area contributed by atoms with Crippen LogP contribution >= 0.6 is 0 Å². The van der Waals surface area contributed by atoms with Crippen LogP contribution in [0.5, 0.6) is 0 Å². The molecule has 1 saturated heterocycles. The molecule has 0 bridgehead atoms. The highest BCUT2D eigenvalue weighted by Gasteiger charge is 2.57. The van der Waals surface area contributed by atoms with Crippen LogP contribution in [0.3, 0.4) is 0 Å². The lowest BCUT2D eigenvalue weighted by Gasteiger charge is -2.37. The Morgan fingerprint density at radius 2 is 1.61 bits per heavy atom. The molecular weight excluding hydrogens is 524 g/mol. The number of benzene rings is 2. The number of ketones is 1. The fourth-order valence-electron chi connectivity index (χ4n) is 5.34. The molecule has 0 aromatic heterocycles. The molecule has 10 heteroatoms. The largest absolute Gasteiger partial charge is 0.343 e. The van der Waals surface area contributed by atoms with Gasteiger partial charge in [0.2, 0.25) is 18.1 Å². The Hall–Kier alpha value is -3.73. The van der Waals surface area contributed by atoms with Gasteiger partial charge in [-0.3, -0.25) is 19.2 Å². The summed E-state index contributed by atoms with van der Waals surface area (Å²) in [6.07, 6.45) is 6.19. The van der Waals surface area contributed by atoms with E-state index in [1.807, 2.05) is 66.1 Å². The number of nitrogens with two attached hydrogens (primary N) is 1. The minimum absolute atomic E-state index is 0.00402. The number of carbonyl (C=O) groups is 4. The average Bonchev–Trinajstić information content (AvgIpc) is 3.38. The fraction of sp³-hybridized carbons (Fsp3) is 0.452. The summed E-state index contributed by atoms with van der Waals surface area (Å²) in [5.41, 5.74) is 7.83. The monoisotopic (exact) mass is 563 g/mol. The summed E-state index contributed by atoms with van der Waals surface area (Å²) in [7, 11) is 0. The van der Waals surface area contributed by atoms with E-state index in [1.54, 1.807) is 6.29 Å². The molecule has 4 atom stereocenters. The van der Waals surface area contributed by atoms with Crippen molar-refractivity contribution in [1.29, 1.82) is 0 Å².